The fourth-order valence-corrected chi connectivity index (χ4v) is 2.75. The van der Waals surface area contributed by atoms with Crippen molar-refractivity contribution in [2.75, 3.05) is 0 Å². The molecule has 0 fully saturated rings. The molecule has 2 heterocycles. The van der Waals surface area contributed by atoms with Crippen molar-refractivity contribution in [1.29, 1.82) is 0 Å². The van der Waals surface area contributed by atoms with Crippen molar-refractivity contribution in [2.45, 2.75) is 38.9 Å². The lowest BCUT2D eigenvalue weighted by molar-refractivity contribution is -0.0495. The summed E-state index contributed by atoms with van der Waals surface area (Å²) in [4.78, 5) is 0. The normalized spacial score (nSPS) is 36.0. The zero-order valence-electron chi connectivity index (χ0n) is 9.72. The maximum Gasteiger partial charge on any atom is 0.111 e. The Labute approximate surface area is 90.8 Å². The Morgan fingerprint density at radius 3 is 1.67 bits per heavy atom. The van der Waals surface area contributed by atoms with Crippen LogP contribution in [-0.2, 0) is 15.9 Å². The molecule has 0 saturated heterocycles. The van der Waals surface area contributed by atoms with Gasteiger partial charge in [0.2, 0.25) is 0 Å². The van der Waals surface area contributed by atoms with Crippen molar-refractivity contribution in [3.05, 3.63) is 46.5 Å². The van der Waals surface area contributed by atoms with Crippen LogP contribution in [0.25, 0.3) is 0 Å². The Hall–Kier alpha value is -1.08. The van der Waals surface area contributed by atoms with Gasteiger partial charge in [0.25, 0.3) is 0 Å². The molecule has 0 aromatic heterocycles. The Balaban J connectivity index is 2.34. The molecule has 0 unspecified atom stereocenters. The van der Waals surface area contributed by atoms with Gasteiger partial charge in [-0.25, -0.2) is 0 Å². The van der Waals surface area contributed by atoms with Gasteiger partial charge in [-0.15, -0.1) is 0 Å². The molecule has 0 spiro atoms. The summed E-state index contributed by atoms with van der Waals surface area (Å²) in [5.74, 6) is 0. The maximum atomic E-state index is 6.12. The minimum atomic E-state index is -0.192. The van der Waals surface area contributed by atoms with Crippen LogP contribution in [-0.4, -0.2) is 0 Å². The van der Waals surface area contributed by atoms with E-state index in [1.165, 1.54) is 22.3 Å². The van der Waals surface area contributed by atoms with E-state index in [4.69, 9.17) is 4.74 Å². The number of benzene rings is 1. The van der Waals surface area contributed by atoms with E-state index in [-0.39, 0.29) is 11.2 Å². The summed E-state index contributed by atoms with van der Waals surface area (Å²) in [6.45, 7) is 8.62. The SMILES string of the molecule is Cc1cc2c(cc1C)[C@]1(C)C=C[C@@]2(C)O1. The number of hydrogen-bond donors (Lipinski definition) is 0. The first-order chi connectivity index (χ1) is 6.95. The highest BCUT2D eigenvalue weighted by atomic mass is 16.5. The van der Waals surface area contributed by atoms with E-state index >= 15 is 0 Å². The molecule has 15 heavy (non-hydrogen) atoms. The molecule has 0 radical (unpaired) electrons. The summed E-state index contributed by atoms with van der Waals surface area (Å²) in [6.07, 6.45) is 4.37. The van der Waals surface area contributed by atoms with Crippen molar-refractivity contribution in [3.63, 3.8) is 0 Å². The van der Waals surface area contributed by atoms with Crippen LogP contribution in [0.3, 0.4) is 0 Å². The Morgan fingerprint density at radius 2 is 1.27 bits per heavy atom. The fraction of sp³-hybridized carbons (Fsp3) is 0.429. The van der Waals surface area contributed by atoms with E-state index < -0.39 is 0 Å². The molecular weight excluding hydrogens is 184 g/mol. The largest absolute Gasteiger partial charge is 0.351 e. The van der Waals surface area contributed by atoms with Crippen LogP contribution in [0.4, 0.5) is 0 Å². The summed E-state index contributed by atoms with van der Waals surface area (Å²) in [5.41, 5.74) is 5.00. The van der Waals surface area contributed by atoms with Crippen LogP contribution in [0.15, 0.2) is 24.3 Å². The average Bonchev–Trinajstić information content (AvgIpc) is 2.57. The van der Waals surface area contributed by atoms with Gasteiger partial charge in [0.05, 0.1) is 0 Å². The maximum absolute atomic E-state index is 6.12. The lowest BCUT2D eigenvalue weighted by Gasteiger charge is -2.19. The third-order valence-corrected chi connectivity index (χ3v) is 3.85. The highest BCUT2D eigenvalue weighted by Gasteiger charge is 2.50. The van der Waals surface area contributed by atoms with Gasteiger partial charge in [-0.3, -0.25) is 0 Å². The van der Waals surface area contributed by atoms with E-state index in [0.717, 1.165) is 0 Å². The second-order valence-electron chi connectivity index (χ2n) is 5.13. The van der Waals surface area contributed by atoms with Gasteiger partial charge < -0.3 is 4.74 Å². The van der Waals surface area contributed by atoms with E-state index in [9.17, 15) is 0 Å². The van der Waals surface area contributed by atoms with E-state index in [0.29, 0.717) is 0 Å². The Morgan fingerprint density at radius 1 is 0.867 bits per heavy atom. The van der Waals surface area contributed by atoms with Crippen molar-refractivity contribution in [1.82, 2.24) is 0 Å². The number of fused-ring (bicyclic) bond motifs is 5. The Kier molecular flexibility index (Phi) is 1.44. The zero-order chi connectivity index (χ0) is 10.8. The van der Waals surface area contributed by atoms with Crippen LogP contribution in [0.2, 0.25) is 0 Å². The van der Waals surface area contributed by atoms with Gasteiger partial charge in [0, 0.05) is 0 Å². The first-order valence-electron chi connectivity index (χ1n) is 5.47. The topological polar surface area (TPSA) is 9.23 Å². The van der Waals surface area contributed by atoms with E-state index in [1.807, 2.05) is 0 Å². The molecule has 1 heteroatoms. The second kappa shape index (κ2) is 2.35. The van der Waals surface area contributed by atoms with Gasteiger partial charge in [-0.1, -0.05) is 12.1 Å². The molecule has 0 saturated carbocycles. The van der Waals surface area contributed by atoms with Crippen LogP contribution in [0.5, 0.6) is 0 Å². The average molecular weight is 200 g/mol. The summed E-state index contributed by atoms with van der Waals surface area (Å²) in [7, 11) is 0. The smallest absolute Gasteiger partial charge is 0.111 e. The summed E-state index contributed by atoms with van der Waals surface area (Å²) in [6, 6.07) is 4.55. The lowest BCUT2D eigenvalue weighted by atomic mass is 9.81. The first-order valence-corrected chi connectivity index (χ1v) is 5.47. The summed E-state index contributed by atoms with van der Waals surface area (Å²) < 4.78 is 6.12. The Bertz CT molecular complexity index is 443. The van der Waals surface area contributed by atoms with Gasteiger partial charge in [-0.2, -0.15) is 0 Å². The number of aryl methyl sites for hydroxylation is 2. The molecule has 3 rings (SSSR count). The predicted octanol–water partition coefficient (Wildman–Crippen LogP) is 3.33. The van der Waals surface area contributed by atoms with Crippen LogP contribution in [0, 0.1) is 13.8 Å². The molecule has 0 amide bonds. The monoisotopic (exact) mass is 200 g/mol. The minimum absolute atomic E-state index is 0.192. The van der Waals surface area contributed by atoms with Crippen molar-refractivity contribution < 1.29 is 4.74 Å². The third-order valence-electron chi connectivity index (χ3n) is 3.85. The predicted molar refractivity (Wildman–Crippen MR) is 60.8 cm³/mol. The fourth-order valence-electron chi connectivity index (χ4n) is 2.75. The first kappa shape index (κ1) is 9.17. The quantitative estimate of drug-likeness (QED) is 0.584. The molecule has 78 valence electrons. The molecule has 1 aromatic rings. The molecule has 1 aromatic carbocycles. The van der Waals surface area contributed by atoms with Gasteiger partial charge in [0.15, 0.2) is 0 Å². The van der Waals surface area contributed by atoms with Crippen molar-refractivity contribution >= 4 is 0 Å². The third kappa shape index (κ3) is 0.967. The van der Waals surface area contributed by atoms with Crippen molar-refractivity contribution in [3.8, 4) is 0 Å². The molecule has 2 bridgehead atoms. The second-order valence-corrected chi connectivity index (χ2v) is 5.13. The van der Waals surface area contributed by atoms with Crippen LogP contribution < -0.4 is 0 Å². The lowest BCUT2D eigenvalue weighted by Crippen LogP contribution is -2.17. The number of hydrogen-bond acceptors (Lipinski definition) is 1. The minimum Gasteiger partial charge on any atom is -0.351 e. The summed E-state index contributed by atoms with van der Waals surface area (Å²) >= 11 is 0. The van der Waals surface area contributed by atoms with Gasteiger partial charge in [0.1, 0.15) is 11.2 Å². The summed E-state index contributed by atoms with van der Waals surface area (Å²) in [5, 5.41) is 0. The molecule has 2 atom stereocenters. The molecule has 2 aliphatic heterocycles. The molecule has 0 N–H and O–H groups in total. The van der Waals surface area contributed by atoms with E-state index in [1.54, 1.807) is 0 Å². The zero-order valence-corrected chi connectivity index (χ0v) is 9.72. The number of rotatable bonds is 0. The van der Waals surface area contributed by atoms with Gasteiger partial charge >= 0.3 is 0 Å². The standard InChI is InChI=1S/C14H16O/c1-9-7-11-12(8-10(9)2)14(4)6-5-13(11,3)15-14/h5-8H,1-4H3/t13-,14+. The van der Waals surface area contributed by atoms with Crippen LogP contribution >= 0.6 is 0 Å². The molecule has 0 aliphatic carbocycles. The van der Waals surface area contributed by atoms with Crippen LogP contribution in [0.1, 0.15) is 36.1 Å². The van der Waals surface area contributed by atoms with Gasteiger partial charge in [-0.05, 0) is 62.1 Å². The molecule has 2 aliphatic rings. The highest BCUT2D eigenvalue weighted by molar-refractivity contribution is 5.53. The molecular formula is C14H16O. The highest BCUT2D eigenvalue weighted by Crippen LogP contribution is 2.53. The van der Waals surface area contributed by atoms with Crippen molar-refractivity contribution in [2.24, 2.45) is 0 Å². The number of ether oxygens (including phenoxy) is 1. The molecule has 1 nitrogen and oxygen atoms in total. The van der Waals surface area contributed by atoms with E-state index in [2.05, 4.69) is 52.0 Å².